The van der Waals surface area contributed by atoms with Gasteiger partial charge in [-0.3, -0.25) is 0 Å². The van der Waals surface area contributed by atoms with E-state index in [0.29, 0.717) is 0 Å². The Balaban J connectivity index is 1.85. The number of hydrogen-bond donors (Lipinski definition) is 1. The Morgan fingerprint density at radius 3 is 2.61 bits per heavy atom. The molecule has 3 atom stereocenters. The lowest BCUT2D eigenvalue weighted by atomic mass is 10.00. The maximum absolute atomic E-state index is 14.9. The number of sulfonamides is 1. The summed E-state index contributed by atoms with van der Waals surface area (Å²) in [4.78, 5) is 13.8. The summed E-state index contributed by atoms with van der Waals surface area (Å²) >= 11 is 5.84. The smallest absolute Gasteiger partial charge is 0.410 e. The van der Waals surface area contributed by atoms with Crippen LogP contribution in [0.3, 0.4) is 0 Å². The van der Waals surface area contributed by atoms with E-state index in [1.165, 1.54) is 25.1 Å². The number of alkyl halides is 1. The summed E-state index contributed by atoms with van der Waals surface area (Å²) in [5, 5.41) is -0.115. The lowest BCUT2D eigenvalue weighted by molar-refractivity contribution is 0.0894. The number of ether oxygens (including phenoxy) is 1. The maximum atomic E-state index is 14.9. The highest BCUT2D eigenvalue weighted by Crippen LogP contribution is 2.28. The van der Waals surface area contributed by atoms with Gasteiger partial charge in [0.15, 0.2) is 0 Å². The molecule has 6 nitrogen and oxygen atoms in total. The average Bonchev–Trinajstić information content (AvgIpc) is 3.05. The molecule has 1 saturated heterocycles. The summed E-state index contributed by atoms with van der Waals surface area (Å²) in [6.07, 6.45) is -2.63. The van der Waals surface area contributed by atoms with Crippen molar-refractivity contribution < 1.29 is 26.7 Å². The molecule has 2 aromatic rings. The molecule has 1 heterocycles. The Morgan fingerprint density at radius 2 is 1.94 bits per heavy atom. The lowest BCUT2D eigenvalue weighted by Crippen LogP contribution is -2.50. The molecule has 3 unspecified atom stereocenters. The van der Waals surface area contributed by atoms with Crippen molar-refractivity contribution in [1.29, 1.82) is 0 Å². The third-order valence-electron chi connectivity index (χ3n) is 5.17. The van der Waals surface area contributed by atoms with E-state index in [2.05, 4.69) is 4.72 Å². The van der Waals surface area contributed by atoms with Crippen LogP contribution in [0.1, 0.15) is 18.1 Å². The fourth-order valence-electron chi connectivity index (χ4n) is 3.50. The zero-order chi connectivity index (χ0) is 22.6. The number of carbonyl (C=O) groups excluding carboxylic acids is 1. The van der Waals surface area contributed by atoms with E-state index < -0.39 is 40.2 Å². The number of amides is 1. The van der Waals surface area contributed by atoms with E-state index in [4.69, 9.17) is 16.3 Å². The van der Waals surface area contributed by atoms with Gasteiger partial charge in [-0.15, -0.1) is 0 Å². The van der Waals surface area contributed by atoms with Crippen LogP contribution in [-0.2, 0) is 27.8 Å². The Bertz CT molecular complexity index is 1020. The minimum atomic E-state index is -3.77. The van der Waals surface area contributed by atoms with Crippen molar-refractivity contribution in [2.45, 2.75) is 38.2 Å². The molecule has 168 valence electrons. The Hall–Kier alpha value is -2.23. The molecule has 0 radical (unpaired) electrons. The molecule has 3 rings (SSSR count). The molecule has 1 aliphatic rings. The summed E-state index contributed by atoms with van der Waals surface area (Å²) < 4.78 is 61.2. The zero-order valence-electron chi connectivity index (χ0n) is 16.8. The molecule has 1 aliphatic heterocycles. The van der Waals surface area contributed by atoms with E-state index >= 15 is 0 Å². The number of nitrogens with one attached hydrogen (secondary N) is 1. The Kier molecular flexibility index (Phi) is 7.51. The highest BCUT2D eigenvalue weighted by molar-refractivity contribution is 7.89. The van der Waals surface area contributed by atoms with Gasteiger partial charge in [0.1, 0.15) is 18.6 Å². The molecule has 0 aromatic heterocycles. The maximum Gasteiger partial charge on any atom is 0.410 e. The third-order valence-corrected chi connectivity index (χ3v) is 6.85. The fourth-order valence-corrected chi connectivity index (χ4v) is 4.58. The lowest BCUT2D eigenvalue weighted by Gasteiger charge is -2.28. The highest BCUT2D eigenvalue weighted by atomic mass is 35.5. The van der Waals surface area contributed by atoms with Crippen LogP contribution in [0.4, 0.5) is 13.6 Å². The molecule has 1 N–H and O–H groups in total. The van der Waals surface area contributed by atoms with Crippen molar-refractivity contribution in [3.8, 4) is 0 Å². The normalized spacial score (nSPS) is 21.3. The van der Waals surface area contributed by atoms with Crippen LogP contribution in [0, 0.1) is 5.82 Å². The highest BCUT2D eigenvalue weighted by Gasteiger charge is 2.46. The standard InChI is InChI=1S/C21H23ClF2N2O4S/c1-2-31(28,29)25-20-17(23)12-26(21(27)30-13-14-7-4-3-5-8-14)18(20)11-15-9-6-10-16(22)19(15)24/h3-10,17-18,20,25H,2,11-13H2,1H3. The summed E-state index contributed by atoms with van der Waals surface area (Å²) in [6.45, 7) is 1.01. The monoisotopic (exact) mass is 472 g/mol. The molecule has 1 amide bonds. The van der Waals surface area contributed by atoms with Gasteiger partial charge >= 0.3 is 6.09 Å². The van der Waals surface area contributed by atoms with Crippen molar-refractivity contribution >= 4 is 27.7 Å². The summed E-state index contributed by atoms with van der Waals surface area (Å²) in [5.41, 5.74) is 0.890. The number of carbonyl (C=O) groups is 1. The van der Waals surface area contributed by atoms with Crippen LogP contribution < -0.4 is 4.72 Å². The second-order valence-electron chi connectivity index (χ2n) is 7.24. The van der Waals surface area contributed by atoms with Gasteiger partial charge in [0, 0.05) is 0 Å². The Labute approximate surface area is 185 Å². The first-order valence-corrected chi connectivity index (χ1v) is 11.8. The van der Waals surface area contributed by atoms with Crippen molar-refractivity contribution in [2.75, 3.05) is 12.3 Å². The van der Waals surface area contributed by atoms with Gasteiger partial charge in [0.25, 0.3) is 0 Å². The molecule has 31 heavy (non-hydrogen) atoms. The van der Waals surface area contributed by atoms with Crippen LogP contribution in [-0.4, -0.2) is 50.0 Å². The van der Waals surface area contributed by atoms with Gasteiger partial charge in [-0.2, -0.15) is 0 Å². The van der Waals surface area contributed by atoms with Crippen LogP contribution >= 0.6 is 11.6 Å². The number of benzene rings is 2. The molecule has 0 aliphatic carbocycles. The summed E-state index contributed by atoms with van der Waals surface area (Å²) in [7, 11) is -3.77. The van der Waals surface area contributed by atoms with Gasteiger partial charge < -0.3 is 9.64 Å². The molecule has 0 saturated carbocycles. The van der Waals surface area contributed by atoms with Gasteiger partial charge in [-0.1, -0.05) is 54.1 Å². The average molecular weight is 473 g/mol. The number of nitrogens with zero attached hydrogens (tertiary/aromatic N) is 1. The molecule has 10 heteroatoms. The SMILES string of the molecule is CCS(=O)(=O)NC1C(F)CN(C(=O)OCc2ccccc2)C1Cc1cccc(Cl)c1F. The molecular weight excluding hydrogens is 450 g/mol. The van der Waals surface area contributed by atoms with E-state index in [1.807, 2.05) is 6.07 Å². The molecule has 1 fully saturated rings. The topological polar surface area (TPSA) is 75.7 Å². The van der Waals surface area contributed by atoms with E-state index in [0.717, 1.165) is 10.5 Å². The molecular formula is C21H23ClF2N2O4S. The van der Waals surface area contributed by atoms with Crippen LogP contribution in [0.25, 0.3) is 0 Å². The van der Waals surface area contributed by atoms with Crippen LogP contribution in [0.5, 0.6) is 0 Å². The van der Waals surface area contributed by atoms with Crippen molar-refractivity contribution in [3.63, 3.8) is 0 Å². The minimum Gasteiger partial charge on any atom is -0.445 e. The quantitative estimate of drug-likeness (QED) is 0.667. The molecule has 2 aromatic carbocycles. The predicted molar refractivity (Wildman–Crippen MR) is 114 cm³/mol. The van der Waals surface area contributed by atoms with Gasteiger partial charge in [-0.05, 0) is 30.5 Å². The summed E-state index contributed by atoms with van der Waals surface area (Å²) in [6, 6.07) is 11.1. The molecule has 0 bridgehead atoms. The first-order valence-electron chi connectivity index (χ1n) is 9.76. The minimum absolute atomic E-state index is 0.0310. The van der Waals surface area contributed by atoms with E-state index in [-0.39, 0.29) is 35.9 Å². The van der Waals surface area contributed by atoms with Gasteiger partial charge in [-0.25, -0.2) is 26.7 Å². The van der Waals surface area contributed by atoms with Crippen molar-refractivity contribution in [1.82, 2.24) is 9.62 Å². The third kappa shape index (κ3) is 5.72. The first kappa shape index (κ1) is 23.4. The number of hydrogen-bond acceptors (Lipinski definition) is 4. The summed E-state index contributed by atoms with van der Waals surface area (Å²) in [5.74, 6) is -0.950. The van der Waals surface area contributed by atoms with Crippen LogP contribution in [0.2, 0.25) is 5.02 Å². The number of rotatable bonds is 7. The number of likely N-dealkylation sites (tertiary alicyclic amines) is 1. The van der Waals surface area contributed by atoms with Crippen molar-refractivity contribution in [2.24, 2.45) is 0 Å². The number of halogens is 3. The molecule has 0 spiro atoms. The first-order chi connectivity index (χ1) is 14.7. The van der Waals surface area contributed by atoms with Crippen LogP contribution in [0.15, 0.2) is 48.5 Å². The van der Waals surface area contributed by atoms with Gasteiger partial charge in [0.2, 0.25) is 10.0 Å². The van der Waals surface area contributed by atoms with Gasteiger partial charge in [0.05, 0.1) is 29.4 Å². The second kappa shape index (κ2) is 9.93. The largest absolute Gasteiger partial charge is 0.445 e. The second-order valence-corrected chi connectivity index (χ2v) is 9.69. The predicted octanol–water partition coefficient (Wildman–Crippen LogP) is 3.69. The fraction of sp³-hybridized carbons (Fsp3) is 0.381. The Morgan fingerprint density at radius 1 is 1.23 bits per heavy atom. The zero-order valence-corrected chi connectivity index (χ0v) is 18.4. The van der Waals surface area contributed by atoms with E-state index in [1.54, 1.807) is 24.3 Å². The van der Waals surface area contributed by atoms with E-state index in [9.17, 15) is 22.0 Å². The van der Waals surface area contributed by atoms with Crippen molar-refractivity contribution in [3.05, 3.63) is 70.5 Å².